The largest absolute Gasteiger partial charge is 0.301 e. The number of nitrogens with one attached hydrogen (secondary N) is 1. The van der Waals surface area contributed by atoms with Crippen molar-refractivity contribution in [1.82, 2.24) is 19.7 Å². The highest BCUT2D eigenvalue weighted by Crippen LogP contribution is 2.32. The van der Waals surface area contributed by atoms with Crippen LogP contribution >= 0.6 is 57.9 Å². The number of anilines is 1. The summed E-state index contributed by atoms with van der Waals surface area (Å²) in [5.41, 5.74) is 2.53. The van der Waals surface area contributed by atoms with Crippen molar-refractivity contribution >= 4 is 68.9 Å². The van der Waals surface area contributed by atoms with Gasteiger partial charge in [0.15, 0.2) is 16.1 Å². The second-order valence-corrected chi connectivity index (χ2v) is 11.1. The minimum absolute atomic E-state index is 0.128. The van der Waals surface area contributed by atoms with Gasteiger partial charge in [-0.15, -0.1) is 21.5 Å². The van der Waals surface area contributed by atoms with E-state index in [0.29, 0.717) is 37.6 Å². The maximum Gasteiger partial charge on any atom is 0.236 e. The van der Waals surface area contributed by atoms with Gasteiger partial charge in [0, 0.05) is 38.8 Å². The first-order chi connectivity index (χ1) is 18.0. The van der Waals surface area contributed by atoms with Gasteiger partial charge in [-0.3, -0.25) is 9.36 Å². The zero-order valence-corrected chi connectivity index (χ0v) is 23.0. The van der Waals surface area contributed by atoms with Gasteiger partial charge < -0.3 is 5.32 Å². The number of amides is 1. The van der Waals surface area contributed by atoms with Gasteiger partial charge in [0.25, 0.3) is 0 Å². The molecule has 0 saturated carbocycles. The van der Waals surface area contributed by atoms with Crippen molar-refractivity contribution in [3.63, 3.8) is 0 Å². The van der Waals surface area contributed by atoms with Crippen molar-refractivity contribution in [3.8, 4) is 17.1 Å². The number of nitrogens with zero attached hydrogens (tertiary/aromatic N) is 4. The number of carbonyl (C=O) groups is 1. The number of para-hydroxylation sites is 1. The van der Waals surface area contributed by atoms with Crippen LogP contribution in [0.4, 0.5) is 5.13 Å². The standard InChI is InChI=1S/C26H18Cl3N5OS2/c27-17-10-11-21(28)16(12-17)13-19-14-30-25(37-19)31-23(35)15-36-26-33-32-24(20-8-4-5-9-22(20)29)34(26)18-6-2-1-3-7-18/h1-12,14H,13,15H2,(H,30,31,35). The SMILES string of the molecule is O=C(CSc1nnc(-c2ccccc2Cl)n1-c1ccccc1)Nc1ncc(Cc2cc(Cl)ccc2Cl)s1. The van der Waals surface area contributed by atoms with Crippen LogP contribution < -0.4 is 5.32 Å². The summed E-state index contributed by atoms with van der Waals surface area (Å²) < 4.78 is 1.90. The van der Waals surface area contributed by atoms with Crippen molar-refractivity contribution in [3.05, 3.63) is 105 Å². The van der Waals surface area contributed by atoms with Crippen LogP contribution in [0.25, 0.3) is 17.1 Å². The third-order valence-corrected chi connectivity index (χ3v) is 8.04. The topological polar surface area (TPSA) is 72.7 Å². The maximum absolute atomic E-state index is 12.7. The van der Waals surface area contributed by atoms with Crippen LogP contribution in [0.1, 0.15) is 10.4 Å². The number of thiazole rings is 1. The van der Waals surface area contributed by atoms with E-state index in [1.165, 1.54) is 23.1 Å². The summed E-state index contributed by atoms with van der Waals surface area (Å²) in [7, 11) is 0. The van der Waals surface area contributed by atoms with Gasteiger partial charge >= 0.3 is 0 Å². The Labute approximate surface area is 236 Å². The molecule has 5 aromatic rings. The number of thioether (sulfide) groups is 1. The molecule has 0 fully saturated rings. The lowest BCUT2D eigenvalue weighted by atomic mass is 10.1. The van der Waals surface area contributed by atoms with Crippen molar-refractivity contribution in [2.24, 2.45) is 0 Å². The summed E-state index contributed by atoms with van der Waals surface area (Å²) in [4.78, 5) is 18.0. The number of carbonyl (C=O) groups excluding carboxylic acids is 1. The molecular weight excluding hydrogens is 569 g/mol. The van der Waals surface area contributed by atoms with E-state index >= 15 is 0 Å². The molecule has 2 heterocycles. The lowest BCUT2D eigenvalue weighted by molar-refractivity contribution is -0.113. The molecular formula is C26H18Cl3N5OS2. The van der Waals surface area contributed by atoms with Crippen molar-refractivity contribution in [2.45, 2.75) is 11.6 Å². The molecule has 6 nitrogen and oxygen atoms in total. The molecule has 2 aromatic heterocycles. The quantitative estimate of drug-likeness (QED) is 0.189. The van der Waals surface area contributed by atoms with Crippen molar-refractivity contribution in [2.75, 3.05) is 11.1 Å². The fourth-order valence-electron chi connectivity index (χ4n) is 3.59. The minimum Gasteiger partial charge on any atom is -0.301 e. The summed E-state index contributed by atoms with van der Waals surface area (Å²) in [5, 5.41) is 14.5. The molecule has 37 heavy (non-hydrogen) atoms. The summed E-state index contributed by atoms with van der Waals surface area (Å²) in [5.74, 6) is 0.528. The Morgan fingerprint density at radius 3 is 2.54 bits per heavy atom. The molecule has 0 aliphatic rings. The number of hydrogen-bond donors (Lipinski definition) is 1. The lowest BCUT2D eigenvalue weighted by Crippen LogP contribution is -2.14. The van der Waals surface area contributed by atoms with E-state index in [-0.39, 0.29) is 11.7 Å². The molecule has 0 unspecified atom stereocenters. The fraction of sp³-hybridized carbons (Fsp3) is 0.0769. The number of hydrogen-bond acceptors (Lipinski definition) is 6. The number of benzene rings is 3. The van der Waals surface area contributed by atoms with Gasteiger partial charge in [-0.05, 0) is 48.0 Å². The highest BCUT2D eigenvalue weighted by atomic mass is 35.5. The van der Waals surface area contributed by atoms with E-state index in [1.807, 2.05) is 65.2 Å². The average Bonchev–Trinajstić information content (AvgIpc) is 3.52. The predicted octanol–water partition coefficient (Wildman–Crippen LogP) is 7.67. The molecule has 0 bridgehead atoms. The first kappa shape index (κ1) is 25.8. The van der Waals surface area contributed by atoms with Crippen LogP contribution in [0, 0.1) is 0 Å². The van der Waals surface area contributed by atoms with Crippen molar-refractivity contribution < 1.29 is 4.79 Å². The zero-order chi connectivity index (χ0) is 25.8. The first-order valence-electron chi connectivity index (χ1n) is 11.0. The van der Waals surface area contributed by atoms with Gasteiger partial charge in [-0.25, -0.2) is 4.98 Å². The molecule has 0 spiro atoms. The second kappa shape index (κ2) is 11.7. The van der Waals surface area contributed by atoms with Gasteiger partial charge in [0.1, 0.15) is 0 Å². The Bertz CT molecular complexity index is 1560. The lowest BCUT2D eigenvalue weighted by Gasteiger charge is -2.11. The second-order valence-electron chi connectivity index (χ2n) is 7.84. The minimum atomic E-state index is -0.200. The Morgan fingerprint density at radius 1 is 0.946 bits per heavy atom. The average molecular weight is 587 g/mol. The van der Waals surface area contributed by atoms with Crippen LogP contribution in [0.15, 0.2) is 84.1 Å². The van der Waals surface area contributed by atoms with E-state index in [0.717, 1.165) is 21.7 Å². The Balaban J connectivity index is 1.29. The third-order valence-electron chi connectivity index (χ3n) is 5.27. The number of halogens is 3. The molecule has 0 saturated heterocycles. The molecule has 5 rings (SSSR count). The van der Waals surface area contributed by atoms with E-state index in [1.54, 1.807) is 18.3 Å². The molecule has 3 aromatic carbocycles. The van der Waals surface area contributed by atoms with E-state index in [9.17, 15) is 4.79 Å². The molecule has 186 valence electrons. The highest BCUT2D eigenvalue weighted by Gasteiger charge is 2.19. The van der Waals surface area contributed by atoms with E-state index < -0.39 is 0 Å². The molecule has 0 aliphatic carbocycles. The maximum atomic E-state index is 12.7. The normalized spacial score (nSPS) is 11.0. The predicted molar refractivity (Wildman–Crippen MR) is 153 cm³/mol. The summed E-state index contributed by atoms with van der Waals surface area (Å²) in [6.07, 6.45) is 2.30. The van der Waals surface area contributed by atoms with E-state index in [4.69, 9.17) is 34.8 Å². The summed E-state index contributed by atoms with van der Waals surface area (Å²) in [6, 6.07) is 22.5. The van der Waals surface area contributed by atoms with Gasteiger partial charge in [0.05, 0.1) is 10.8 Å². The Kier molecular flexibility index (Phi) is 8.12. The Hall–Kier alpha value is -2.88. The Morgan fingerprint density at radius 2 is 1.73 bits per heavy atom. The monoisotopic (exact) mass is 585 g/mol. The number of aromatic nitrogens is 4. The van der Waals surface area contributed by atoms with Crippen LogP contribution in [-0.4, -0.2) is 31.4 Å². The smallest absolute Gasteiger partial charge is 0.236 e. The molecule has 0 radical (unpaired) electrons. The highest BCUT2D eigenvalue weighted by molar-refractivity contribution is 7.99. The molecule has 0 aliphatic heterocycles. The van der Waals surface area contributed by atoms with Crippen LogP contribution in [0.5, 0.6) is 0 Å². The van der Waals surface area contributed by atoms with Gasteiger partial charge in [-0.1, -0.05) is 76.9 Å². The van der Waals surface area contributed by atoms with Crippen molar-refractivity contribution in [1.29, 1.82) is 0 Å². The molecule has 11 heteroatoms. The summed E-state index contributed by atoms with van der Waals surface area (Å²) in [6.45, 7) is 0. The fourth-order valence-corrected chi connectivity index (χ4v) is 5.79. The van der Waals surface area contributed by atoms with Crippen LogP contribution in [0.2, 0.25) is 15.1 Å². The van der Waals surface area contributed by atoms with Gasteiger partial charge in [0.2, 0.25) is 5.91 Å². The first-order valence-corrected chi connectivity index (χ1v) is 14.0. The van der Waals surface area contributed by atoms with Gasteiger partial charge in [-0.2, -0.15) is 0 Å². The molecule has 1 amide bonds. The molecule has 1 N–H and O–H groups in total. The summed E-state index contributed by atoms with van der Waals surface area (Å²) >= 11 is 21.5. The van der Waals surface area contributed by atoms with Crippen LogP contribution in [-0.2, 0) is 11.2 Å². The molecule has 0 atom stereocenters. The van der Waals surface area contributed by atoms with E-state index in [2.05, 4.69) is 20.5 Å². The zero-order valence-electron chi connectivity index (χ0n) is 19.1. The number of rotatable bonds is 8. The third kappa shape index (κ3) is 6.17. The van der Waals surface area contributed by atoms with Crippen LogP contribution in [0.3, 0.4) is 0 Å².